The molecule has 6 heteroatoms. The number of carbonyl (C=O) groups is 3. The Kier molecular flexibility index (Phi) is 10.6. The highest BCUT2D eigenvalue weighted by molar-refractivity contribution is 6.07. The van der Waals surface area contributed by atoms with Crippen LogP contribution in [0, 0.1) is 0 Å². The van der Waals surface area contributed by atoms with Gasteiger partial charge in [0.25, 0.3) is 0 Å². The molecule has 0 spiro atoms. The van der Waals surface area contributed by atoms with E-state index in [1.54, 1.807) is 19.1 Å². The first kappa shape index (κ1) is 22.4. The first-order valence-electron chi connectivity index (χ1n) is 8.03. The molecule has 6 nitrogen and oxygen atoms in total. The Labute approximate surface area is 149 Å². The number of nitrogens with one attached hydrogen (secondary N) is 1. The van der Waals surface area contributed by atoms with Crippen LogP contribution in [0.3, 0.4) is 0 Å². The average molecular weight is 349 g/mol. The summed E-state index contributed by atoms with van der Waals surface area (Å²) in [7, 11) is 0. The van der Waals surface area contributed by atoms with Gasteiger partial charge in [-0.1, -0.05) is 30.9 Å². The number of esters is 2. The second kappa shape index (κ2) is 11.8. The Morgan fingerprint density at radius 1 is 1.08 bits per heavy atom. The molecule has 0 aliphatic rings. The van der Waals surface area contributed by atoms with Crippen molar-refractivity contribution < 1.29 is 23.9 Å². The molecular formula is C19H27NO5. The molecule has 138 valence electrons. The van der Waals surface area contributed by atoms with Gasteiger partial charge in [-0.05, 0) is 25.3 Å². The van der Waals surface area contributed by atoms with Gasteiger partial charge in [-0.3, -0.25) is 4.79 Å². The summed E-state index contributed by atoms with van der Waals surface area (Å²) in [5.41, 5.74) is -1.40. The highest BCUT2D eigenvalue weighted by Gasteiger charge is 2.49. The summed E-state index contributed by atoms with van der Waals surface area (Å²) in [6.45, 7) is 13.7. The number of ether oxygens (including phenoxy) is 2. The van der Waals surface area contributed by atoms with E-state index in [1.165, 1.54) is 13.0 Å². The Bertz CT molecular complexity index is 550. The van der Waals surface area contributed by atoms with Crippen LogP contribution in [-0.4, -0.2) is 36.6 Å². The zero-order valence-corrected chi connectivity index (χ0v) is 15.0. The lowest BCUT2D eigenvalue weighted by atomic mass is 9.95. The molecule has 1 N–H and O–H groups in total. The van der Waals surface area contributed by atoms with Crippen molar-refractivity contribution in [1.82, 2.24) is 5.32 Å². The molecule has 0 aliphatic carbocycles. The van der Waals surface area contributed by atoms with Crippen LogP contribution in [-0.2, 0) is 23.9 Å². The fourth-order valence-electron chi connectivity index (χ4n) is 1.97. The van der Waals surface area contributed by atoms with Crippen molar-refractivity contribution in [3.63, 3.8) is 0 Å². The van der Waals surface area contributed by atoms with Gasteiger partial charge in [0.05, 0.1) is 6.61 Å². The summed E-state index contributed by atoms with van der Waals surface area (Å²) in [5.74, 6) is -2.36. The third-order valence-electron chi connectivity index (χ3n) is 3.09. The maximum atomic E-state index is 12.5. The Morgan fingerprint density at radius 2 is 1.72 bits per heavy atom. The van der Waals surface area contributed by atoms with E-state index in [4.69, 9.17) is 9.47 Å². The van der Waals surface area contributed by atoms with E-state index in [0.29, 0.717) is 5.57 Å². The first-order chi connectivity index (χ1) is 11.8. The van der Waals surface area contributed by atoms with Gasteiger partial charge in [-0.2, -0.15) is 0 Å². The van der Waals surface area contributed by atoms with Crippen LogP contribution < -0.4 is 5.32 Å². The normalized spacial score (nSPS) is 12.7. The van der Waals surface area contributed by atoms with E-state index in [9.17, 15) is 14.4 Å². The number of amides is 1. The maximum Gasteiger partial charge on any atom is 0.344 e. The van der Waals surface area contributed by atoms with Crippen LogP contribution in [0.1, 0.15) is 33.1 Å². The molecule has 0 aromatic rings. The molecule has 0 bridgehead atoms. The number of rotatable bonds is 12. The predicted octanol–water partition coefficient (Wildman–Crippen LogP) is 2.62. The molecule has 0 fully saturated rings. The molecule has 1 amide bonds. The van der Waals surface area contributed by atoms with Gasteiger partial charge in [-0.15, -0.1) is 13.2 Å². The summed E-state index contributed by atoms with van der Waals surface area (Å²) in [6, 6.07) is 0. The van der Waals surface area contributed by atoms with Crippen LogP contribution >= 0.6 is 0 Å². The molecule has 1 unspecified atom stereocenters. The van der Waals surface area contributed by atoms with E-state index < -0.39 is 23.4 Å². The summed E-state index contributed by atoms with van der Waals surface area (Å²) in [5, 5.41) is 2.34. The molecule has 0 rings (SSSR count). The molecule has 0 heterocycles. The Morgan fingerprint density at radius 3 is 2.24 bits per heavy atom. The minimum Gasteiger partial charge on any atom is -0.464 e. The second-order valence-corrected chi connectivity index (χ2v) is 5.30. The molecule has 0 saturated carbocycles. The summed E-state index contributed by atoms with van der Waals surface area (Å²) in [6.07, 6.45) is 8.24. The summed E-state index contributed by atoms with van der Waals surface area (Å²) in [4.78, 5) is 36.3. The number of allylic oxidation sites excluding steroid dienone is 2. The Hall–Kier alpha value is -2.63. The van der Waals surface area contributed by atoms with Crippen molar-refractivity contribution >= 4 is 17.8 Å². The van der Waals surface area contributed by atoms with Crippen molar-refractivity contribution in [3.05, 3.63) is 49.6 Å². The highest BCUT2D eigenvalue weighted by atomic mass is 16.6. The van der Waals surface area contributed by atoms with E-state index in [-0.39, 0.29) is 19.6 Å². The second-order valence-electron chi connectivity index (χ2n) is 5.30. The van der Waals surface area contributed by atoms with Crippen LogP contribution in [0.5, 0.6) is 0 Å². The molecule has 1 atom stereocenters. The number of carbonyl (C=O) groups excluding carboxylic acids is 3. The summed E-state index contributed by atoms with van der Waals surface area (Å²) < 4.78 is 10.1. The van der Waals surface area contributed by atoms with Crippen LogP contribution in [0.2, 0.25) is 0 Å². The zero-order valence-electron chi connectivity index (χ0n) is 15.0. The average Bonchev–Trinajstić information content (AvgIpc) is 2.55. The first-order valence-corrected chi connectivity index (χ1v) is 8.03. The van der Waals surface area contributed by atoms with E-state index >= 15 is 0 Å². The van der Waals surface area contributed by atoms with E-state index in [2.05, 4.69) is 25.1 Å². The van der Waals surface area contributed by atoms with Crippen LogP contribution in [0.15, 0.2) is 49.6 Å². The number of unbranched alkanes of at least 4 members (excludes halogenated alkanes) is 1. The maximum absolute atomic E-state index is 12.5. The van der Waals surface area contributed by atoms with Crippen molar-refractivity contribution in [2.75, 3.05) is 13.2 Å². The van der Waals surface area contributed by atoms with Gasteiger partial charge in [-0.25, -0.2) is 9.59 Å². The smallest absolute Gasteiger partial charge is 0.344 e. The summed E-state index contributed by atoms with van der Waals surface area (Å²) >= 11 is 0. The topological polar surface area (TPSA) is 81.7 Å². The minimum absolute atomic E-state index is 0.0589. The van der Waals surface area contributed by atoms with E-state index in [0.717, 1.165) is 12.8 Å². The van der Waals surface area contributed by atoms with E-state index in [1.807, 2.05) is 6.08 Å². The third kappa shape index (κ3) is 7.65. The van der Waals surface area contributed by atoms with Crippen molar-refractivity contribution in [2.45, 2.75) is 38.6 Å². The standard InChI is InChI=1S/C19H27NO5/c1-6-9-10-11-12-15(4)14-25-18(23)19(13-7-2,20-16(5)21)17(22)24-8-3/h6-7,11-12H,1-2,4,8-10,13-14H2,3,5H3,(H,20,21)/b12-11+. The van der Waals surface area contributed by atoms with Gasteiger partial charge in [0, 0.05) is 13.3 Å². The SMILES string of the molecule is C=CCC/C=C/C(=C)COC(=O)C(CC=C)(NC(C)=O)C(=O)OCC. The van der Waals surface area contributed by atoms with Crippen LogP contribution in [0.4, 0.5) is 0 Å². The number of hydrogen-bond donors (Lipinski definition) is 1. The lowest BCUT2D eigenvalue weighted by Crippen LogP contribution is -2.60. The molecule has 0 radical (unpaired) electrons. The van der Waals surface area contributed by atoms with Crippen molar-refractivity contribution in [3.8, 4) is 0 Å². The fourth-order valence-corrected chi connectivity index (χ4v) is 1.97. The predicted molar refractivity (Wildman–Crippen MR) is 96.7 cm³/mol. The van der Waals surface area contributed by atoms with Gasteiger partial charge >= 0.3 is 11.9 Å². The van der Waals surface area contributed by atoms with Gasteiger partial charge in [0.15, 0.2) is 0 Å². The van der Waals surface area contributed by atoms with Crippen molar-refractivity contribution in [2.24, 2.45) is 0 Å². The monoisotopic (exact) mass is 349 g/mol. The minimum atomic E-state index is -1.95. The third-order valence-corrected chi connectivity index (χ3v) is 3.09. The fraction of sp³-hybridized carbons (Fsp3) is 0.421. The number of hydrogen-bond acceptors (Lipinski definition) is 5. The molecule has 25 heavy (non-hydrogen) atoms. The van der Waals surface area contributed by atoms with Gasteiger partial charge in [0.1, 0.15) is 6.61 Å². The van der Waals surface area contributed by atoms with Crippen LogP contribution in [0.25, 0.3) is 0 Å². The van der Waals surface area contributed by atoms with Gasteiger partial charge < -0.3 is 14.8 Å². The molecule has 0 saturated heterocycles. The molecule has 0 aliphatic heterocycles. The molecular weight excluding hydrogens is 322 g/mol. The highest BCUT2D eigenvalue weighted by Crippen LogP contribution is 2.17. The molecule has 0 aromatic heterocycles. The molecule has 0 aromatic carbocycles. The quantitative estimate of drug-likeness (QED) is 0.193. The Balaban J connectivity index is 5.14. The zero-order chi connectivity index (χ0) is 19.3. The lowest BCUT2D eigenvalue weighted by Gasteiger charge is -2.28. The largest absolute Gasteiger partial charge is 0.464 e. The van der Waals surface area contributed by atoms with Gasteiger partial charge in [0.2, 0.25) is 11.4 Å². The van der Waals surface area contributed by atoms with Crippen molar-refractivity contribution in [1.29, 1.82) is 0 Å². The lowest BCUT2D eigenvalue weighted by molar-refractivity contribution is -0.167.